The van der Waals surface area contributed by atoms with Crippen molar-refractivity contribution in [3.8, 4) is 5.75 Å². The average molecular weight is 427 g/mol. The van der Waals surface area contributed by atoms with Crippen LogP contribution < -0.4 is 4.74 Å². The average Bonchev–Trinajstić information content (AvgIpc) is 2.75. The van der Waals surface area contributed by atoms with Crippen LogP contribution in [0.4, 0.5) is 0 Å². The number of carbonyl (C=O) groups is 2. The molecule has 0 radical (unpaired) electrons. The molecular weight excluding hydrogens is 392 g/mol. The van der Waals surface area contributed by atoms with Crippen molar-refractivity contribution >= 4 is 11.9 Å². The Morgan fingerprint density at radius 1 is 1.06 bits per heavy atom. The van der Waals surface area contributed by atoms with Gasteiger partial charge in [-0.05, 0) is 64.7 Å². The van der Waals surface area contributed by atoms with Crippen molar-refractivity contribution in [1.82, 2.24) is 9.88 Å². The third kappa shape index (κ3) is 8.04. The molecule has 0 aliphatic heterocycles. The van der Waals surface area contributed by atoms with E-state index in [1.54, 1.807) is 17.2 Å². The Morgan fingerprint density at radius 2 is 1.84 bits per heavy atom. The SMILES string of the molecule is CCOC(=O)CCCCCOc1ccccc1CN(C(=O)c1ccc(C)cn1)C(C)C. The van der Waals surface area contributed by atoms with Crippen molar-refractivity contribution in [3.05, 3.63) is 59.4 Å². The van der Waals surface area contributed by atoms with Crippen LogP contribution in [0.3, 0.4) is 0 Å². The number of aromatic nitrogens is 1. The largest absolute Gasteiger partial charge is 0.493 e. The zero-order chi connectivity index (χ0) is 22.6. The van der Waals surface area contributed by atoms with Gasteiger partial charge in [-0.3, -0.25) is 14.6 Å². The molecule has 0 fully saturated rings. The fourth-order valence-corrected chi connectivity index (χ4v) is 3.15. The highest BCUT2D eigenvalue weighted by atomic mass is 16.5. The van der Waals surface area contributed by atoms with Crippen LogP contribution in [0.15, 0.2) is 42.6 Å². The second-order valence-corrected chi connectivity index (χ2v) is 7.82. The van der Waals surface area contributed by atoms with Gasteiger partial charge in [0.1, 0.15) is 11.4 Å². The summed E-state index contributed by atoms with van der Waals surface area (Å²) in [7, 11) is 0. The van der Waals surface area contributed by atoms with Gasteiger partial charge in [-0.2, -0.15) is 0 Å². The summed E-state index contributed by atoms with van der Waals surface area (Å²) in [6.07, 6.45) is 4.71. The molecule has 0 bridgehead atoms. The Bertz CT molecular complexity index is 834. The van der Waals surface area contributed by atoms with E-state index in [0.717, 1.165) is 36.1 Å². The molecule has 2 rings (SSSR count). The first kappa shape index (κ1) is 24.4. The van der Waals surface area contributed by atoms with E-state index in [9.17, 15) is 9.59 Å². The van der Waals surface area contributed by atoms with Gasteiger partial charge < -0.3 is 14.4 Å². The highest BCUT2D eigenvalue weighted by molar-refractivity contribution is 5.92. The van der Waals surface area contributed by atoms with Crippen molar-refractivity contribution < 1.29 is 19.1 Å². The lowest BCUT2D eigenvalue weighted by Crippen LogP contribution is -2.37. The Labute approximate surface area is 185 Å². The van der Waals surface area contributed by atoms with Gasteiger partial charge in [-0.15, -0.1) is 0 Å². The lowest BCUT2D eigenvalue weighted by atomic mass is 10.1. The maximum Gasteiger partial charge on any atom is 0.305 e. The molecule has 6 nitrogen and oxygen atoms in total. The van der Waals surface area contributed by atoms with Crippen LogP contribution in [0, 0.1) is 6.92 Å². The molecule has 31 heavy (non-hydrogen) atoms. The summed E-state index contributed by atoms with van der Waals surface area (Å²) in [5.74, 6) is 0.544. The van der Waals surface area contributed by atoms with Gasteiger partial charge in [0.05, 0.1) is 13.2 Å². The molecule has 0 atom stereocenters. The van der Waals surface area contributed by atoms with E-state index < -0.39 is 0 Å². The van der Waals surface area contributed by atoms with Gasteiger partial charge in [0.2, 0.25) is 0 Å². The van der Waals surface area contributed by atoms with Gasteiger partial charge >= 0.3 is 5.97 Å². The van der Waals surface area contributed by atoms with Crippen LogP contribution in [0.1, 0.15) is 68.1 Å². The Morgan fingerprint density at radius 3 is 2.52 bits per heavy atom. The first-order valence-corrected chi connectivity index (χ1v) is 11.0. The van der Waals surface area contributed by atoms with Crippen molar-refractivity contribution in [1.29, 1.82) is 0 Å². The van der Waals surface area contributed by atoms with E-state index in [4.69, 9.17) is 9.47 Å². The molecule has 1 aromatic heterocycles. The van der Waals surface area contributed by atoms with Crippen LogP contribution in [0.5, 0.6) is 5.75 Å². The Hall–Kier alpha value is -2.89. The minimum Gasteiger partial charge on any atom is -0.493 e. The molecule has 0 spiro atoms. The number of para-hydroxylation sites is 1. The number of hydrogen-bond donors (Lipinski definition) is 0. The van der Waals surface area contributed by atoms with Gasteiger partial charge in [-0.25, -0.2) is 0 Å². The summed E-state index contributed by atoms with van der Waals surface area (Å²) in [6, 6.07) is 11.5. The van der Waals surface area contributed by atoms with Crippen molar-refractivity contribution in [2.45, 2.75) is 66.0 Å². The first-order valence-electron chi connectivity index (χ1n) is 11.0. The Kier molecular flexibility index (Phi) is 10.0. The van der Waals surface area contributed by atoms with Crippen molar-refractivity contribution in [2.75, 3.05) is 13.2 Å². The smallest absolute Gasteiger partial charge is 0.305 e. The lowest BCUT2D eigenvalue weighted by Gasteiger charge is -2.27. The van der Waals surface area contributed by atoms with Crippen molar-refractivity contribution in [2.24, 2.45) is 0 Å². The number of unbranched alkanes of at least 4 members (excludes halogenated alkanes) is 2. The van der Waals surface area contributed by atoms with Crippen LogP contribution >= 0.6 is 0 Å². The number of hydrogen-bond acceptors (Lipinski definition) is 5. The number of pyridine rings is 1. The van der Waals surface area contributed by atoms with Gasteiger partial charge in [0, 0.05) is 30.8 Å². The van der Waals surface area contributed by atoms with Gasteiger partial charge in [0.25, 0.3) is 5.91 Å². The maximum absolute atomic E-state index is 13.0. The Balaban J connectivity index is 1.94. The number of amides is 1. The second kappa shape index (κ2) is 12.7. The maximum atomic E-state index is 13.0. The minimum absolute atomic E-state index is 0.0199. The number of aryl methyl sites for hydroxylation is 1. The summed E-state index contributed by atoms with van der Waals surface area (Å²) in [5, 5.41) is 0. The van der Waals surface area contributed by atoms with Crippen LogP contribution in [-0.2, 0) is 16.1 Å². The molecule has 168 valence electrons. The fraction of sp³-hybridized carbons (Fsp3) is 0.480. The summed E-state index contributed by atoms with van der Waals surface area (Å²) in [6.45, 7) is 9.20. The van der Waals surface area contributed by atoms with E-state index in [1.807, 2.05) is 58.0 Å². The molecular formula is C25H34N2O4. The summed E-state index contributed by atoms with van der Waals surface area (Å²) in [4.78, 5) is 30.5. The highest BCUT2D eigenvalue weighted by Gasteiger charge is 2.21. The van der Waals surface area contributed by atoms with Crippen LogP contribution in [0.25, 0.3) is 0 Å². The van der Waals surface area contributed by atoms with Gasteiger partial charge in [0.15, 0.2) is 0 Å². The number of ether oxygens (including phenoxy) is 2. The number of benzene rings is 1. The molecule has 2 aromatic rings. The number of rotatable bonds is 12. The third-order valence-electron chi connectivity index (χ3n) is 4.92. The highest BCUT2D eigenvalue weighted by Crippen LogP contribution is 2.22. The van der Waals surface area contributed by atoms with Crippen LogP contribution in [-0.4, -0.2) is 41.0 Å². The zero-order valence-electron chi connectivity index (χ0n) is 19.1. The van der Waals surface area contributed by atoms with E-state index in [-0.39, 0.29) is 17.9 Å². The molecule has 1 aromatic carbocycles. The van der Waals surface area contributed by atoms with Gasteiger partial charge in [-0.1, -0.05) is 24.3 Å². The summed E-state index contributed by atoms with van der Waals surface area (Å²) < 4.78 is 10.9. The topological polar surface area (TPSA) is 68.7 Å². The molecule has 0 unspecified atom stereocenters. The molecule has 0 N–H and O–H groups in total. The lowest BCUT2D eigenvalue weighted by molar-refractivity contribution is -0.143. The predicted molar refractivity (Wildman–Crippen MR) is 121 cm³/mol. The van der Waals surface area contributed by atoms with E-state index >= 15 is 0 Å². The molecule has 0 saturated carbocycles. The quantitative estimate of drug-likeness (QED) is 0.355. The second-order valence-electron chi connectivity index (χ2n) is 7.82. The molecule has 6 heteroatoms. The number of esters is 1. The van der Waals surface area contributed by atoms with E-state index in [1.165, 1.54) is 0 Å². The molecule has 0 saturated heterocycles. The third-order valence-corrected chi connectivity index (χ3v) is 4.92. The van der Waals surface area contributed by atoms with E-state index in [0.29, 0.717) is 31.9 Å². The normalized spacial score (nSPS) is 10.7. The number of carbonyl (C=O) groups excluding carboxylic acids is 2. The standard InChI is InChI=1S/C25H34N2O4/c1-5-30-24(28)13-7-6-10-16-31-23-12-9-8-11-21(23)18-27(19(2)3)25(29)22-15-14-20(4)17-26-22/h8-9,11-12,14-15,17,19H,5-7,10,13,16,18H2,1-4H3. The zero-order valence-corrected chi connectivity index (χ0v) is 19.1. The monoisotopic (exact) mass is 426 g/mol. The molecule has 0 aliphatic rings. The molecule has 0 aliphatic carbocycles. The molecule has 1 heterocycles. The minimum atomic E-state index is -0.143. The molecule has 1 amide bonds. The number of nitrogens with zero attached hydrogens (tertiary/aromatic N) is 2. The summed E-state index contributed by atoms with van der Waals surface area (Å²) in [5.41, 5.74) is 2.43. The fourth-order valence-electron chi connectivity index (χ4n) is 3.15. The van der Waals surface area contributed by atoms with Crippen molar-refractivity contribution in [3.63, 3.8) is 0 Å². The first-order chi connectivity index (χ1) is 14.9. The van der Waals surface area contributed by atoms with Crippen LogP contribution in [0.2, 0.25) is 0 Å². The summed E-state index contributed by atoms with van der Waals surface area (Å²) >= 11 is 0. The van der Waals surface area contributed by atoms with E-state index in [2.05, 4.69) is 4.98 Å². The predicted octanol–water partition coefficient (Wildman–Crippen LogP) is 4.94.